The van der Waals surface area contributed by atoms with Crippen molar-refractivity contribution in [1.29, 1.82) is 5.26 Å². The number of piperazine rings is 1. The molecule has 0 N–H and O–H groups in total. The van der Waals surface area contributed by atoms with Crippen LogP contribution < -0.4 is 9.64 Å². The fourth-order valence-electron chi connectivity index (χ4n) is 3.37. The van der Waals surface area contributed by atoms with Crippen molar-refractivity contribution in [1.82, 2.24) is 4.90 Å². The van der Waals surface area contributed by atoms with E-state index in [1.165, 1.54) is 16.8 Å². The minimum atomic E-state index is -0.551. The van der Waals surface area contributed by atoms with Gasteiger partial charge in [0, 0.05) is 31.9 Å². The fraction of sp³-hybridized carbons (Fsp3) is 0.364. The van der Waals surface area contributed by atoms with Crippen LogP contribution in [0.1, 0.15) is 23.6 Å². The van der Waals surface area contributed by atoms with Crippen molar-refractivity contribution in [2.45, 2.75) is 26.9 Å². The zero-order chi connectivity index (χ0) is 19.4. The number of carbonyl (C=O) groups is 1. The van der Waals surface area contributed by atoms with Gasteiger partial charge in [-0.15, -0.1) is 0 Å². The molecule has 5 heteroatoms. The molecule has 2 aromatic carbocycles. The summed E-state index contributed by atoms with van der Waals surface area (Å²) in [6.45, 7) is 9.06. The molecule has 1 saturated heterocycles. The zero-order valence-corrected chi connectivity index (χ0v) is 16.1. The number of hydrogen-bond acceptors (Lipinski definition) is 4. The summed E-state index contributed by atoms with van der Waals surface area (Å²) in [5.41, 5.74) is 4.41. The topological polar surface area (TPSA) is 56.6 Å². The fourth-order valence-corrected chi connectivity index (χ4v) is 3.37. The van der Waals surface area contributed by atoms with Gasteiger partial charge >= 0.3 is 0 Å². The second-order valence-corrected chi connectivity index (χ2v) is 6.93. The van der Waals surface area contributed by atoms with E-state index in [0.29, 0.717) is 24.4 Å². The number of ether oxygens (including phenoxy) is 1. The van der Waals surface area contributed by atoms with Crippen molar-refractivity contribution in [2.75, 3.05) is 31.1 Å². The molecule has 1 heterocycles. The predicted octanol–water partition coefficient (Wildman–Crippen LogP) is 3.29. The van der Waals surface area contributed by atoms with E-state index in [-0.39, 0.29) is 5.91 Å². The summed E-state index contributed by atoms with van der Waals surface area (Å²) in [7, 11) is 0. The van der Waals surface area contributed by atoms with Gasteiger partial charge < -0.3 is 14.5 Å². The molecule has 27 heavy (non-hydrogen) atoms. The number of hydrogen-bond donors (Lipinski definition) is 0. The van der Waals surface area contributed by atoms with E-state index < -0.39 is 6.10 Å². The maximum absolute atomic E-state index is 12.7. The van der Waals surface area contributed by atoms with Crippen LogP contribution >= 0.6 is 0 Å². The van der Waals surface area contributed by atoms with E-state index in [9.17, 15) is 4.79 Å². The monoisotopic (exact) mass is 363 g/mol. The third-order valence-corrected chi connectivity index (χ3v) is 5.15. The van der Waals surface area contributed by atoms with Crippen LogP contribution in [-0.4, -0.2) is 43.1 Å². The van der Waals surface area contributed by atoms with E-state index in [4.69, 9.17) is 10.00 Å². The van der Waals surface area contributed by atoms with Crippen LogP contribution in [0.5, 0.6) is 5.75 Å². The molecule has 140 valence electrons. The van der Waals surface area contributed by atoms with E-state index in [2.05, 4.69) is 43.0 Å². The molecule has 3 rings (SSSR count). The maximum Gasteiger partial charge on any atom is 0.263 e. The first-order valence-corrected chi connectivity index (χ1v) is 9.26. The van der Waals surface area contributed by atoms with Crippen molar-refractivity contribution in [3.05, 3.63) is 59.2 Å². The SMILES string of the molecule is Cc1cccc(N2CCN(C(=O)C(C)Oc3ccc(C#N)cc3)CC2)c1C. The van der Waals surface area contributed by atoms with Gasteiger partial charge in [0.15, 0.2) is 6.10 Å². The first-order chi connectivity index (χ1) is 13.0. The molecule has 0 spiro atoms. The molecule has 1 fully saturated rings. The Labute approximate surface area is 160 Å². The minimum Gasteiger partial charge on any atom is -0.481 e. The van der Waals surface area contributed by atoms with Gasteiger partial charge in [0.1, 0.15) is 5.75 Å². The average Bonchev–Trinajstić information content (AvgIpc) is 2.70. The number of nitriles is 1. The lowest BCUT2D eigenvalue weighted by atomic mass is 10.1. The Balaban J connectivity index is 1.57. The Morgan fingerprint density at radius 1 is 1.07 bits per heavy atom. The second kappa shape index (κ2) is 8.13. The van der Waals surface area contributed by atoms with Gasteiger partial charge in [-0.1, -0.05) is 12.1 Å². The average molecular weight is 363 g/mol. The van der Waals surface area contributed by atoms with Crippen LogP contribution in [0.15, 0.2) is 42.5 Å². The lowest BCUT2D eigenvalue weighted by molar-refractivity contribution is -0.138. The molecule has 0 radical (unpaired) electrons. The molecule has 1 unspecified atom stereocenters. The Bertz CT molecular complexity index is 847. The summed E-state index contributed by atoms with van der Waals surface area (Å²) in [6.07, 6.45) is -0.551. The van der Waals surface area contributed by atoms with Gasteiger partial charge in [-0.2, -0.15) is 5.26 Å². The number of rotatable bonds is 4. The molecular weight excluding hydrogens is 338 g/mol. The van der Waals surface area contributed by atoms with Gasteiger partial charge in [-0.3, -0.25) is 4.79 Å². The van der Waals surface area contributed by atoms with E-state index >= 15 is 0 Å². The summed E-state index contributed by atoms with van der Waals surface area (Å²) in [5.74, 6) is 0.601. The Hall–Kier alpha value is -3.00. The molecule has 1 aliphatic rings. The van der Waals surface area contributed by atoms with E-state index in [0.717, 1.165) is 13.1 Å². The summed E-state index contributed by atoms with van der Waals surface area (Å²) >= 11 is 0. The number of carbonyl (C=O) groups excluding carboxylic acids is 1. The highest BCUT2D eigenvalue weighted by Crippen LogP contribution is 2.24. The highest BCUT2D eigenvalue weighted by atomic mass is 16.5. The van der Waals surface area contributed by atoms with Crippen molar-refractivity contribution in [2.24, 2.45) is 0 Å². The van der Waals surface area contributed by atoms with Crippen LogP contribution in [0.2, 0.25) is 0 Å². The van der Waals surface area contributed by atoms with Crippen LogP contribution in [0.4, 0.5) is 5.69 Å². The molecule has 5 nitrogen and oxygen atoms in total. The van der Waals surface area contributed by atoms with Gasteiger partial charge in [-0.05, 0) is 62.2 Å². The molecular formula is C22H25N3O2. The normalized spacial score (nSPS) is 15.2. The first kappa shape index (κ1) is 18.8. The number of benzene rings is 2. The van der Waals surface area contributed by atoms with Gasteiger partial charge in [0.25, 0.3) is 5.91 Å². The van der Waals surface area contributed by atoms with E-state index in [1.54, 1.807) is 31.2 Å². The quantitative estimate of drug-likeness (QED) is 0.836. The Morgan fingerprint density at radius 2 is 1.74 bits per heavy atom. The Morgan fingerprint density at radius 3 is 2.37 bits per heavy atom. The molecule has 1 amide bonds. The first-order valence-electron chi connectivity index (χ1n) is 9.26. The van der Waals surface area contributed by atoms with Crippen LogP contribution in [0.25, 0.3) is 0 Å². The largest absolute Gasteiger partial charge is 0.481 e. The van der Waals surface area contributed by atoms with Gasteiger partial charge in [-0.25, -0.2) is 0 Å². The summed E-state index contributed by atoms with van der Waals surface area (Å²) in [6, 6.07) is 15.3. The predicted molar refractivity (Wildman–Crippen MR) is 106 cm³/mol. The molecule has 0 saturated carbocycles. The van der Waals surface area contributed by atoms with Crippen LogP contribution in [0.3, 0.4) is 0 Å². The number of amides is 1. The molecule has 0 aliphatic carbocycles. The zero-order valence-electron chi connectivity index (χ0n) is 16.1. The molecule has 0 bridgehead atoms. The highest BCUT2D eigenvalue weighted by molar-refractivity contribution is 5.81. The maximum atomic E-state index is 12.7. The summed E-state index contributed by atoms with van der Waals surface area (Å²) in [5, 5.41) is 8.85. The van der Waals surface area contributed by atoms with Crippen LogP contribution in [-0.2, 0) is 4.79 Å². The standard InChI is InChI=1S/C22H25N3O2/c1-16-5-4-6-21(17(16)2)24-11-13-25(14-12-24)22(26)18(3)27-20-9-7-19(15-23)8-10-20/h4-10,18H,11-14H2,1-3H3. The van der Waals surface area contributed by atoms with Crippen LogP contribution in [0, 0.1) is 25.2 Å². The smallest absolute Gasteiger partial charge is 0.263 e. The molecule has 1 atom stereocenters. The number of anilines is 1. The van der Waals surface area contributed by atoms with Crippen molar-refractivity contribution in [3.63, 3.8) is 0 Å². The third kappa shape index (κ3) is 4.22. The number of nitrogens with zero attached hydrogens (tertiary/aromatic N) is 3. The minimum absolute atomic E-state index is 0.0000242. The highest BCUT2D eigenvalue weighted by Gasteiger charge is 2.26. The van der Waals surface area contributed by atoms with Crippen molar-refractivity contribution < 1.29 is 9.53 Å². The number of aryl methyl sites for hydroxylation is 1. The lowest BCUT2D eigenvalue weighted by Crippen LogP contribution is -2.52. The van der Waals surface area contributed by atoms with Gasteiger partial charge in [0.2, 0.25) is 0 Å². The second-order valence-electron chi connectivity index (χ2n) is 6.93. The summed E-state index contributed by atoms with van der Waals surface area (Å²) < 4.78 is 5.76. The van der Waals surface area contributed by atoms with Gasteiger partial charge in [0.05, 0.1) is 11.6 Å². The Kier molecular flexibility index (Phi) is 5.66. The molecule has 2 aromatic rings. The van der Waals surface area contributed by atoms with E-state index in [1.807, 2.05) is 4.90 Å². The summed E-state index contributed by atoms with van der Waals surface area (Å²) in [4.78, 5) is 16.9. The lowest BCUT2D eigenvalue weighted by Gasteiger charge is -2.37. The van der Waals surface area contributed by atoms with Crippen molar-refractivity contribution in [3.8, 4) is 11.8 Å². The van der Waals surface area contributed by atoms with Crippen molar-refractivity contribution >= 4 is 11.6 Å². The molecule has 1 aliphatic heterocycles. The third-order valence-electron chi connectivity index (χ3n) is 5.15. The molecule has 0 aromatic heterocycles.